The van der Waals surface area contributed by atoms with Gasteiger partial charge >= 0.3 is 5.97 Å². The molecule has 1 fully saturated rings. The summed E-state index contributed by atoms with van der Waals surface area (Å²) < 4.78 is 5.09. The molecule has 0 N–H and O–H groups in total. The Morgan fingerprint density at radius 1 is 0.889 bits per heavy atom. The number of nitrogens with zero attached hydrogens (tertiary/aromatic N) is 3. The number of benzene rings is 3. The average Bonchev–Trinajstić information content (AvgIpc) is 3.28. The van der Waals surface area contributed by atoms with Crippen LogP contribution in [0.5, 0.6) is 0 Å². The molecule has 0 spiro atoms. The third-order valence-electron chi connectivity index (χ3n) is 5.77. The SMILES string of the molecule is O=C(COC(=O)[C@@H]1CC(=O)N(c2ccc(-c3ccc([N+](=O)[O-])cc3)cc2)C1)c1cccc([N+](=O)[O-])c1. The third kappa shape index (κ3) is 5.25. The van der Waals surface area contributed by atoms with E-state index in [2.05, 4.69) is 0 Å². The summed E-state index contributed by atoms with van der Waals surface area (Å²) in [6.07, 6.45) is -0.0755. The van der Waals surface area contributed by atoms with E-state index < -0.39 is 34.1 Å². The Kier molecular flexibility index (Phi) is 6.81. The number of Topliss-reactive ketones (excluding diaryl/α,β-unsaturated/α-hetero) is 1. The Labute approximate surface area is 204 Å². The molecule has 1 heterocycles. The van der Waals surface area contributed by atoms with Crippen LogP contribution in [-0.4, -0.2) is 40.7 Å². The molecule has 36 heavy (non-hydrogen) atoms. The van der Waals surface area contributed by atoms with E-state index in [9.17, 15) is 34.6 Å². The second kappa shape index (κ2) is 10.1. The van der Waals surface area contributed by atoms with Gasteiger partial charge in [-0.2, -0.15) is 0 Å². The molecule has 4 rings (SSSR count). The van der Waals surface area contributed by atoms with Crippen LogP contribution in [0, 0.1) is 26.1 Å². The van der Waals surface area contributed by atoms with Gasteiger partial charge in [-0.15, -0.1) is 0 Å². The number of amides is 1. The quantitative estimate of drug-likeness (QED) is 0.200. The largest absolute Gasteiger partial charge is 0.457 e. The summed E-state index contributed by atoms with van der Waals surface area (Å²) in [6, 6.07) is 18.2. The standard InChI is InChI=1S/C25H19N3O8/c29-23(18-2-1-3-22(12-18)28(34)35)15-36-25(31)19-13-24(30)26(14-19)20-8-4-16(5-9-20)17-6-10-21(11-7-17)27(32)33/h1-12,19H,13-15H2/t19-/m1/s1. The van der Waals surface area contributed by atoms with Crippen molar-refractivity contribution in [2.24, 2.45) is 5.92 Å². The van der Waals surface area contributed by atoms with Crippen LogP contribution in [0.1, 0.15) is 16.8 Å². The predicted octanol–water partition coefficient (Wildman–Crippen LogP) is 3.95. The van der Waals surface area contributed by atoms with Gasteiger partial charge in [-0.05, 0) is 35.4 Å². The number of hydrogen-bond donors (Lipinski definition) is 0. The van der Waals surface area contributed by atoms with Crippen molar-refractivity contribution in [3.8, 4) is 11.1 Å². The number of rotatable bonds is 8. The summed E-state index contributed by atoms with van der Waals surface area (Å²) in [5, 5.41) is 21.7. The maximum absolute atomic E-state index is 12.5. The molecule has 1 aliphatic rings. The number of anilines is 1. The summed E-state index contributed by atoms with van der Waals surface area (Å²) in [4.78, 5) is 59.3. The highest BCUT2D eigenvalue weighted by molar-refractivity contribution is 6.01. The fraction of sp³-hybridized carbons (Fsp3) is 0.160. The minimum Gasteiger partial charge on any atom is -0.457 e. The molecule has 0 aliphatic carbocycles. The first-order valence-corrected chi connectivity index (χ1v) is 10.8. The maximum atomic E-state index is 12.5. The molecule has 1 amide bonds. The molecule has 0 bridgehead atoms. The average molecular weight is 489 g/mol. The zero-order valence-corrected chi connectivity index (χ0v) is 18.7. The summed E-state index contributed by atoms with van der Waals surface area (Å²) >= 11 is 0. The highest BCUT2D eigenvalue weighted by Crippen LogP contribution is 2.29. The topological polar surface area (TPSA) is 150 Å². The zero-order valence-electron chi connectivity index (χ0n) is 18.7. The highest BCUT2D eigenvalue weighted by Gasteiger charge is 2.36. The Morgan fingerprint density at radius 3 is 2.11 bits per heavy atom. The lowest BCUT2D eigenvalue weighted by molar-refractivity contribution is -0.385. The van der Waals surface area contributed by atoms with Crippen molar-refractivity contribution in [3.63, 3.8) is 0 Å². The third-order valence-corrected chi connectivity index (χ3v) is 5.77. The van der Waals surface area contributed by atoms with E-state index in [1.165, 1.54) is 35.2 Å². The van der Waals surface area contributed by atoms with Gasteiger partial charge in [-0.3, -0.25) is 34.6 Å². The minimum absolute atomic E-state index is 0.0113. The summed E-state index contributed by atoms with van der Waals surface area (Å²) in [6.45, 7) is -0.506. The van der Waals surface area contributed by atoms with Crippen molar-refractivity contribution in [2.45, 2.75) is 6.42 Å². The van der Waals surface area contributed by atoms with Gasteiger partial charge < -0.3 is 9.64 Å². The number of ketones is 1. The Bertz CT molecular complexity index is 1350. The molecule has 1 aliphatic heterocycles. The summed E-state index contributed by atoms with van der Waals surface area (Å²) in [5.41, 5.74) is 1.94. The van der Waals surface area contributed by atoms with Crippen LogP contribution in [-0.2, 0) is 14.3 Å². The molecule has 1 atom stereocenters. The van der Waals surface area contributed by atoms with Crippen LogP contribution in [0.3, 0.4) is 0 Å². The van der Waals surface area contributed by atoms with E-state index in [4.69, 9.17) is 4.74 Å². The van der Waals surface area contributed by atoms with Crippen LogP contribution in [0.2, 0.25) is 0 Å². The lowest BCUT2D eigenvalue weighted by Crippen LogP contribution is -2.27. The molecule has 11 heteroatoms. The van der Waals surface area contributed by atoms with E-state index >= 15 is 0 Å². The van der Waals surface area contributed by atoms with E-state index in [1.807, 2.05) is 0 Å². The second-order valence-electron chi connectivity index (χ2n) is 8.09. The molecular formula is C25H19N3O8. The minimum atomic E-state index is -0.759. The van der Waals surface area contributed by atoms with Gasteiger partial charge in [-0.1, -0.05) is 24.3 Å². The number of esters is 1. The molecule has 182 valence electrons. The molecule has 3 aromatic carbocycles. The predicted molar refractivity (Wildman–Crippen MR) is 127 cm³/mol. The van der Waals surface area contributed by atoms with Gasteiger partial charge in [0, 0.05) is 48.5 Å². The van der Waals surface area contributed by atoms with Crippen LogP contribution < -0.4 is 4.90 Å². The van der Waals surface area contributed by atoms with Gasteiger partial charge in [0.2, 0.25) is 11.7 Å². The Hall–Kier alpha value is -4.93. The molecular weight excluding hydrogens is 470 g/mol. The van der Waals surface area contributed by atoms with Crippen LogP contribution in [0.15, 0.2) is 72.8 Å². The number of non-ortho nitro benzene ring substituents is 2. The van der Waals surface area contributed by atoms with E-state index in [0.717, 1.165) is 17.2 Å². The van der Waals surface area contributed by atoms with Crippen molar-refractivity contribution in [2.75, 3.05) is 18.1 Å². The number of ether oxygens (including phenoxy) is 1. The first-order valence-electron chi connectivity index (χ1n) is 10.8. The monoisotopic (exact) mass is 489 g/mol. The van der Waals surface area contributed by atoms with Crippen LogP contribution in [0.25, 0.3) is 11.1 Å². The van der Waals surface area contributed by atoms with Crippen molar-refractivity contribution in [1.82, 2.24) is 0 Å². The molecule has 11 nitrogen and oxygen atoms in total. The highest BCUT2D eigenvalue weighted by atomic mass is 16.6. The van der Waals surface area contributed by atoms with Gasteiger partial charge in [0.1, 0.15) is 0 Å². The van der Waals surface area contributed by atoms with Crippen LogP contribution >= 0.6 is 0 Å². The lowest BCUT2D eigenvalue weighted by Gasteiger charge is -2.17. The van der Waals surface area contributed by atoms with Crippen molar-refractivity contribution < 1.29 is 29.0 Å². The maximum Gasteiger partial charge on any atom is 0.311 e. The summed E-state index contributed by atoms with van der Waals surface area (Å²) in [7, 11) is 0. The number of hydrogen-bond acceptors (Lipinski definition) is 8. The van der Waals surface area contributed by atoms with Crippen molar-refractivity contribution in [3.05, 3.63) is 98.6 Å². The first kappa shape index (κ1) is 24.2. The van der Waals surface area contributed by atoms with Crippen molar-refractivity contribution >= 4 is 34.7 Å². The van der Waals surface area contributed by atoms with Gasteiger partial charge in [-0.25, -0.2) is 0 Å². The fourth-order valence-electron chi connectivity index (χ4n) is 3.86. The second-order valence-corrected chi connectivity index (χ2v) is 8.09. The van der Waals surface area contributed by atoms with Crippen molar-refractivity contribution in [1.29, 1.82) is 0 Å². The molecule has 3 aromatic rings. The molecule has 0 unspecified atom stereocenters. The van der Waals surface area contributed by atoms with Gasteiger partial charge in [0.15, 0.2) is 6.61 Å². The van der Waals surface area contributed by atoms with Gasteiger partial charge in [0.25, 0.3) is 11.4 Å². The smallest absolute Gasteiger partial charge is 0.311 e. The summed E-state index contributed by atoms with van der Waals surface area (Å²) in [5.74, 6) is -2.32. The molecule has 0 aromatic heterocycles. The van der Waals surface area contributed by atoms with E-state index in [-0.39, 0.29) is 35.8 Å². The molecule has 1 saturated heterocycles. The normalized spacial score (nSPS) is 14.9. The fourth-order valence-corrected chi connectivity index (χ4v) is 3.86. The van der Waals surface area contributed by atoms with E-state index in [1.54, 1.807) is 36.4 Å². The molecule has 0 radical (unpaired) electrons. The van der Waals surface area contributed by atoms with Crippen LogP contribution in [0.4, 0.5) is 17.1 Å². The lowest BCUT2D eigenvalue weighted by atomic mass is 10.0. The number of carbonyl (C=O) groups excluding carboxylic acids is 3. The number of nitro benzene ring substituents is 2. The number of carbonyl (C=O) groups is 3. The Balaban J connectivity index is 1.36. The number of nitro groups is 2. The van der Waals surface area contributed by atoms with Gasteiger partial charge in [0.05, 0.1) is 15.8 Å². The molecule has 0 saturated carbocycles. The zero-order chi connectivity index (χ0) is 25.8. The Morgan fingerprint density at radius 2 is 1.50 bits per heavy atom. The van der Waals surface area contributed by atoms with E-state index in [0.29, 0.717) is 5.69 Å². The first-order chi connectivity index (χ1) is 17.2.